The van der Waals surface area contributed by atoms with Gasteiger partial charge in [-0.3, -0.25) is 0 Å². The topological polar surface area (TPSA) is 4.44 Å². The molecule has 0 aromatic heterocycles. The summed E-state index contributed by atoms with van der Waals surface area (Å²) in [6, 6.07) is 0. The molecule has 1 rings (SSSR count). The second-order valence-corrected chi connectivity index (χ2v) is 6.53. The summed E-state index contributed by atoms with van der Waals surface area (Å²) < 4.78 is 0. The van der Waals surface area contributed by atoms with E-state index in [1.807, 2.05) is 4.90 Å². The number of piperidine rings is 1. The van der Waals surface area contributed by atoms with Crippen LogP contribution < -0.4 is 17.3 Å². The molecule has 0 bridgehead atoms. The Balaban J connectivity index is 0.00000324. The minimum Gasteiger partial charge on any atom is -1.00 e. The summed E-state index contributed by atoms with van der Waals surface area (Å²) in [4.78, 5) is 1.89. The van der Waals surface area contributed by atoms with Crippen LogP contribution in [0.1, 0.15) is 84.5 Å². The van der Waals surface area contributed by atoms with E-state index in [2.05, 4.69) is 13.8 Å². The number of unbranched alkanes of at least 4 members (excludes halogenated alkanes) is 8. The number of hydrogen-bond donors (Lipinski definition) is 1. The second-order valence-electron chi connectivity index (χ2n) is 6.53. The number of quaternary nitrogens is 1. The van der Waals surface area contributed by atoms with Gasteiger partial charge < -0.3 is 17.3 Å². The molecule has 1 heterocycles. The largest absolute Gasteiger partial charge is 1.00 e. The highest BCUT2D eigenvalue weighted by Crippen LogP contribution is 2.09. The maximum Gasteiger partial charge on any atom is 0.0796 e. The zero-order chi connectivity index (χ0) is 13.1. The Kier molecular flexibility index (Phi) is 13.4. The molecule has 0 aromatic rings. The van der Waals surface area contributed by atoms with E-state index in [-0.39, 0.29) is 12.4 Å². The number of halogens is 1. The third-order valence-corrected chi connectivity index (χ3v) is 4.50. The molecule has 2 heteroatoms. The molecule has 1 saturated heterocycles. The van der Waals surface area contributed by atoms with E-state index in [4.69, 9.17) is 0 Å². The van der Waals surface area contributed by atoms with Crippen LogP contribution in [0.4, 0.5) is 0 Å². The van der Waals surface area contributed by atoms with E-state index in [1.165, 1.54) is 90.3 Å². The lowest BCUT2D eigenvalue weighted by molar-refractivity contribution is -0.908. The van der Waals surface area contributed by atoms with Gasteiger partial charge >= 0.3 is 0 Å². The highest BCUT2D eigenvalue weighted by Gasteiger charge is 2.18. The predicted molar refractivity (Wildman–Crippen MR) is 81.2 cm³/mol. The van der Waals surface area contributed by atoms with Gasteiger partial charge in [0, 0.05) is 5.92 Å². The van der Waals surface area contributed by atoms with Gasteiger partial charge in [-0.1, -0.05) is 58.8 Å². The van der Waals surface area contributed by atoms with Gasteiger partial charge in [0.05, 0.1) is 19.6 Å². The van der Waals surface area contributed by atoms with Crippen LogP contribution in [0.5, 0.6) is 0 Å². The van der Waals surface area contributed by atoms with Crippen molar-refractivity contribution < 1.29 is 17.3 Å². The molecule has 0 spiro atoms. The van der Waals surface area contributed by atoms with Crippen LogP contribution in [0.2, 0.25) is 0 Å². The summed E-state index contributed by atoms with van der Waals surface area (Å²) in [5, 5.41) is 0. The van der Waals surface area contributed by atoms with Gasteiger partial charge in [0.15, 0.2) is 0 Å². The van der Waals surface area contributed by atoms with E-state index >= 15 is 0 Å². The van der Waals surface area contributed by atoms with Crippen molar-refractivity contribution in [2.24, 2.45) is 5.92 Å². The van der Waals surface area contributed by atoms with Crippen molar-refractivity contribution in [1.82, 2.24) is 0 Å². The third-order valence-electron chi connectivity index (χ3n) is 4.50. The Labute approximate surface area is 127 Å². The highest BCUT2D eigenvalue weighted by molar-refractivity contribution is 4.55. The molecule has 116 valence electrons. The predicted octanol–water partition coefficient (Wildman–Crippen LogP) is 0.836. The monoisotopic (exact) mass is 289 g/mol. The Bertz CT molecular complexity index is 184. The van der Waals surface area contributed by atoms with Gasteiger partial charge in [-0.25, -0.2) is 0 Å². The smallest absolute Gasteiger partial charge is 0.0796 e. The number of rotatable bonds is 10. The first kappa shape index (κ1) is 19.2. The minimum absolute atomic E-state index is 0. The van der Waals surface area contributed by atoms with Crippen LogP contribution >= 0.6 is 0 Å². The van der Waals surface area contributed by atoms with Crippen molar-refractivity contribution in [2.75, 3.05) is 19.6 Å². The Morgan fingerprint density at radius 2 is 1.47 bits per heavy atom. The van der Waals surface area contributed by atoms with Gasteiger partial charge in [0.25, 0.3) is 0 Å². The molecule has 0 amide bonds. The average Bonchev–Trinajstić information content (AvgIpc) is 2.37. The van der Waals surface area contributed by atoms with Crippen molar-refractivity contribution >= 4 is 0 Å². The molecule has 0 saturated carbocycles. The average molecular weight is 290 g/mol. The molecule has 0 radical (unpaired) electrons. The lowest BCUT2D eigenvalue weighted by Crippen LogP contribution is -3.13. The highest BCUT2D eigenvalue weighted by atomic mass is 35.5. The SMILES string of the molecule is CCCCCCCCCCC[NH+]1CCCC(C)C1.[Cl-]. The summed E-state index contributed by atoms with van der Waals surface area (Å²) in [6.45, 7) is 9.05. The minimum atomic E-state index is 0. The fourth-order valence-corrected chi connectivity index (χ4v) is 3.31. The molecule has 1 aliphatic rings. The Hall–Kier alpha value is 0.250. The molecule has 0 aliphatic carbocycles. The summed E-state index contributed by atoms with van der Waals surface area (Å²) in [5.41, 5.74) is 0. The van der Waals surface area contributed by atoms with Crippen molar-refractivity contribution in [2.45, 2.75) is 84.5 Å². The summed E-state index contributed by atoms with van der Waals surface area (Å²) >= 11 is 0. The van der Waals surface area contributed by atoms with Gasteiger partial charge in [0.1, 0.15) is 0 Å². The van der Waals surface area contributed by atoms with Crippen molar-refractivity contribution in [1.29, 1.82) is 0 Å². The maximum absolute atomic E-state index is 2.43. The van der Waals surface area contributed by atoms with E-state index in [0.29, 0.717) is 0 Å². The molecule has 1 nitrogen and oxygen atoms in total. The fraction of sp³-hybridized carbons (Fsp3) is 1.00. The quantitative estimate of drug-likeness (QED) is 0.569. The Morgan fingerprint density at radius 3 is 2.05 bits per heavy atom. The molecule has 2 atom stereocenters. The van der Waals surface area contributed by atoms with E-state index < -0.39 is 0 Å². The molecular formula is C17H36ClN. The lowest BCUT2D eigenvalue weighted by Gasteiger charge is -2.27. The zero-order valence-corrected chi connectivity index (χ0v) is 14.1. The van der Waals surface area contributed by atoms with Crippen LogP contribution in [-0.2, 0) is 0 Å². The molecule has 1 aliphatic heterocycles. The Morgan fingerprint density at radius 1 is 0.895 bits per heavy atom. The standard InChI is InChI=1S/C17H35N.ClH/c1-3-4-5-6-7-8-9-10-11-14-18-15-12-13-17(2)16-18;/h17H,3-16H2,1-2H3;1H. The first-order valence-corrected chi connectivity index (χ1v) is 8.66. The van der Waals surface area contributed by atoms with Gasteiger partial charge in [-0.05, 0) is 25.7 Å². The molecular weight excluding hydrogens is 254 g/mol. The summed E-state index contributed by atoms with van der Waals surface area (Å²) in [5.74, 6) is 0.979. The van der Waals surface area contributed by atoms with Crippen LogP contribution in [0.15, 0.2) is 0 Å². The number of nitrogens with one attached hydrogen (secondary N) is 1. The maximum atomic E-state index is 2.43. The van der Waals surface area contributed by atoms with Gasteiger partial charge in [-0.15, -0.1) is 0 Å². The first-order chi connectivity index (χ1) is 8.83. The second kappa shape index (κ2) is 13.2. The number of likely N-dealkylation sites (tertiary alicyclic amines) is 1. The van der Waals surface area contributed by atoms with Crippen molar-refractivity contribution in [3.63, 3.8) is 0 Å². The fourth-order valence-electron chi connectivity index (χ4n) is 3.31. The van der Waals surface area contributed by atoms with E-state index in [1.54, 1.807) is 0 Å². The van der Waals surface area contributed by atoms with Gasteiger partial charge in [-0.2, -0.15) is 0 Å². The lowest BCUT2D eigenvalue weighted by atomic mass is 10.00. The third kappa shape index (κ3) is 10.7. The van der Waals surface area contributed by atoms with Crippen LogP contribution in [-0.4, -0.2) is 19.6 Å². The summed E-state index contributed by atoms with van der Waals surface area (Å²) in [7, 11) is 0. The molecule has 1 N–H and O–H groups in total. The summed E-state index contributed by atoms with van der Waals surface area (Å²) in [6.07, 6.45) is 16.1. The normalized spacial score (nSPS) is 23.1. The van der Waals surface area contributed by atoms with Crippen molar-refractivity contribution in [3.8, 4) is 0 Å². The zero-order valence-electron chi connectivity index (χ0n) is 13.4. The van der Waals surface area contributed by atoms with Gasteiger partial charge in [0.2, 0.25) is 0 Å². The van der Waals surface area contributed by atoms with Crippen LogP contribution in [0.25, 0.3) is 0 Å². The van der Waals surface area contributed by atoms with Crippen molar-refractivity contribution in [3.05, 3.63) is 0 Å². The van der Waals surface area contributed by atoms with Crippen LogP contribution in [0, 0.1) is 5.92 Å². The molecule has 0 aromatic carbocycles. The van der Waals surface area contributed by atoms with E-state index in [9.17, 15) is 0 Å². The number of hydrogen-bond acceptors (Lipinski definition) is 0. The molecule has 19 heavy (non-hydrogen) atoms. The van der Waals surface area contributed by atoms with E-state index in [0.717, 1.165) is 5.92 Å². The first-order valence-electron chi connectivity index (χ1n) is 8.66. The van der Waals surface area contributed by atoms with Crippen LogP contribution in [0.3, 0.4) is 0 Å². The molecule has 2 unspecified atom stereocenters. The molecule has 1 fully saturated rings.